The summed E-state index contributed by atoms with van der Waals surface area (Å²) in [5.74, 6) is -0.0442. The lowest BCUT2D eigenvalue weighted by Crippen LogP contribution is -2.52. The van der Waals surface area contributed by atoms with Crippen molar-refractivity contribution in [2.45, 2.75) is 46.7 Å². The minimum atomic E-state index is -0.572. The fourth-order valence-electron chi connectivity index (χ4n) is 1.65. The van der Waals surface area contributed by atoms with E-state index in [1.165, 1.54) is 7.11 Å². The van der Waals surface area contributed by atoms with Crippen molar-refractivity contribution in [1.29, 1.82) is 0 Å². The van der Waals surface area contributed by atoms with Crippen molar-refractivity contribution in [2.24, 2.45) is 5.92 Å². The van der Waals surface area contributed by atoms with Crippen LogP contribution in [0.3, 0.4) is 0 Å². The minimum absolute atomic E-state index is 0.0226. The van der Waals surface area contributed by atoms with E-state index in [2.05, 4.69) is 10.1 Å². The van der Waals surface area contributed by atoms with Crippen LogP contribution in [0.5, 0.6) is 0 Å². The zero-order chi connectivity index (χ0) is 13.6. The number of methoxy groups -OCH3 is 1. The highest BCUT2D eigenvalue weighted by Gasteiger charge is 2.29. The number of amides is 2. The Labute approximate surface area is 103 Å². The number of nitrogens with zero attached hydrogens (tertiary/aromatic N) is 1. The molecule has 1 atom stereocenters. The minimum Gasteiger partial charge on any atom is -0.453 e. The van der Waals surface area contributed by atoms with Gasteiger partial charge in [-0.05, 0) is 26.7 Å². The molecule has 17 heavy (non-hydrogen) atoms. The van der Waals surface area contributed by atoms with E-state index >= 15 is 0 Å². The highest BCUT2D eigenvalue weighted by Crippen LogP contribution is 2.09. The highest BCUT2D eigenvalue weighted by atomic mass is 16.5. The van der Waals surface area contributed by atoms with E-state index < -0.39 is 12.1 Å². The molecule has 1 N–H and O–H groups in total. The molecule has 0 heterocycles. The molecule has 0 saturated carbocycles. The second-order valence-corrected chi connectivity index (χ2v) is 4.58. The van der Waals surface area contributed by atoms with E-state index in [1.807, 2.05) is 34.6 Å². The number of alkyl carbamates (subject to hydrolysis) is 1. The summed E-state index contributed by atoms with van der Waals surface area (Å²) in [5.41, 5.74) is 0. The Morgan fingerprint density at radius 3 is 2.06 bits per heavy atom. The van der Waals surface area contributed by atoms with Gasteiger partial charge in [-0.3, -0.25) is 4.79 Å². The third kappa shape index (κ3) is 4.63. The van der Waals surface area contributed by atoms with Crippen molar-refractivity contribution in [2.75, 3.05) is 13.7 Å². The van der Waals surface area contributed by atoms with Gasteiger partial charge >= 0.3 is 6.09 Å². The van der Waals surface area contributed by atoms with Crippen LogP contribution in [0.15, 0.2) is 0 Å². The van der Waals surface area contributed by atoms with E-state index in [0.29, 0.717) is 6.54 Å². The van der Waals surface area contributed by atoms with Crippen molar-refractivity contribution < 1.29 is 14.3 Å². The molecule has 0 aromatic heterocycles. The van der Waals surface area contributed by atoms with Crippen molar-refractivity contribution >= 4 is 12.0 Å². The molecule has 0 aromatic carbocycles. The van der Waals surface area contributed by atoms with Gasteiger partial charge in [-0.2, -0.15) is 0 Å². The number of carbonyl (C=O) groups is 2. The van der Waals surface area contributed by atoms with E-state index in [-0.39, 0.29) is 17.9 Å². The molecule has 100 valence electrons. The molecule has 0 aromatic rings. The number of hydrogen-bond acceptors (Lipinski definition) is 3. The van der Waals surface area contributed by atoms with Crippen LogP contribution in [-0.4, -0.2) is 42.6 Å². The molecule has 5 nitrogen and oxygen atoms in total. The highest BCUT2D eigenvalue weighted by molar-refractivity contribution is 5.86. The quantitative estimate of drug-likeness (QED) is 0.799. The second-order valence-electron chi connectivity index (χ2n) is 4.58. The normalized spacial score (nSPS) is 12.5. The molecule has 0 aliphatic carbocycles. The third-order valence-corrected chi connectivity index (χ3v) is 2.64. The summed E-state index contributed by atoms with van der Waals surface area (Å²) in [5, 5.41) is 2.58. The zero-order valence-corrected chi connectivity index (χ0v) is 11.6. The van der Waals surface area contributed by atoms with Gasteiger partial charge in [-0.25, -0.2) is 4.79 Å². The van der Waals surface area contributed by atoms with Crippen LogP contribution < -0.4 is 5.32 Å². The fourth-order valence-corrected chi connectivity index (χ4v) is 1.65. The Morgan fingerprint density at radius 2 is 1.76 bits per heavy atom. The first-order chi connectivity index (χ1) is 7.84. The first kappa shape index (κ1) is 15.7. The molecule has 0 saturated heterocycles. The van der Waals surface area contributed by atoms with Crippen LogP contribution in [0.25, 0.3) is 0 Å². The molecule has 0 fully saturated rings. The van der Waals surface area contributed by atoms with E-state index in [9.17, 15) is 9.59 Å². The van der Waals surface area contributed by atoms with Crippen LogP contribution in [0, 0.1) is 5.92 Å². The lowest BCUT2D eigenvalue weighted by Gasteiger charge is -2.31. The van der Waals surface area contributed by atoms with Crippen LogP contribution in [0.1, 0.15) is 34.6 Å². The molecule has 0 spiro atoms. The standard InChI is InChI=1S/C12H24N2O3/c1-7-14(9(4)5)11(15)10(8(2)3)13-12(16)17-6/h8-10H,7H2,1-6H3,(H,13,16)/t10-/m0/s1. The molecule has 0 aliphatic rings. The first-order valence-corrected chi connectivity index (χ1v) is 6.00. The summed E-state index contributed by atoms with van der Waals surface area (Å²) in [6.07, 6.45) is -0.572. The summed E-state index contributed by atoms with van der Waals surface area (Å²) in [4.78, 5) is 25.2. The predicted molar refractivity (Wildman–Crippen MR) is 66.7 cm³/mol. The Morgan fingerprint density at radius 1 is 1.24 bits per heavy atom. The Kier molecular flexibility index (Phi) is 6.61. The number of hydrogen-bond donors (Lipinski definition) is 1. The summed E-state index contributed by atoms with van der Waals surface area (Å²) in [7, 11) is 1.29. The summed E-state index contributed by atoms with van der Waals surface area (Å²) in [6, 6.07) is -0.419. The Balaban J connectivity index is 4.81. The number of ether oxygens (including phenoxy) is 1. The SMILES string of the molecule is CCN(C(=O)[C@@H](NC(=O)OC)C(C)C)C(C)C. The molecule has 0 bridgehead atoms. The zero-order valence-electron chi connectivity index (χ0n) is 11.6. The number of carbonyl (C=O) groups excluding carboxylic acids is 2. The fraction of sp³-hybridized carbons (Fsp3) is 0.833. The molecular weight excluding hydrogens is 220 g/mol. The maximum absolute atomic E-state index is 12.3. The van der Waals surface area contributed by atoms with Crippen molar-refractivity contribution in [3.8, 4) is 0 Å². The van der Waals surface area contributed by atoms with Crippen molar-refractivity contribution in [1.82, 2.24) is 10.2 Å². The lowest BCUT2D eigenvalue weighted by atomic mass is 10.0. The van der Waals surface area contributed by atoms with Crippen LogP contribution in [-0.2, 0) is 9.53 Å². The van der Waals surface area contributed by atoms with Crippen molar-refractivity contribution in [3.63, 3.8) is 0 Å². The summed E-state index contributed by atoms with van der Waals surface area (Å²) >= 11 is 0. The number of nitrogens with one attached hydrogen (secondary N) is 1. The topological polar surface area (TPSA) is 58.6 Å². The first-order valence-electron chi connectivity index (χ1n) is 6.00. The average molecular weight is 244 g/mol. The monoisotopic (exact) mass is 244 g/mol. The van der Waals surface area contributed by atoms with Gasteiger partial charge in [-0.1, -0.05) is 13.8 Å². The van der Waals surface area contributed by atoms with Gasteiger partial charge in [0.15, 0.2) is 0 Å². The summed E-state index contributed by atoms with van der Waals surface area (Å²) in [6.45, 7) is 10.3. The number of rotatable bonds is 5. The molecule has 0 rings (SSSR count). The predicted octanol–water partition coefficient (Wildman–Crippen LogP) is 1.62. The van der Waals surface area contributed by atoms with Gasteiger partial charge < -0.3 is 15.0 Å². The smallest absolute Gasteiger partial charge is 0.407 e. The van der Waals surface area contributed by atoms with E-state index in [0.717, 1.165) is 0 Å². The van der Waals surface area contributed by atoms with E-state index in [4.69, 9.17) is 0 Å². The largest absolute Gasteiger partial charge is 0.453 e. The Hall–Kier alpha value is -1.26. The molecule has 2 amide bonds. The molecule has 0 radical (unpaired) electrons. The van der Waals surface area contributed by atoms with E-state index in [1.54, 1.807) is 4.90 Å². The summed E-state index contributed by atoms with van der Waals surface area (Å²) < 4.78 is 4.53. The maximum atomic E-state index is 12.3. The second kappa shape index (κ2) is 7.14. The maximum Gasteiger partial charge on any atom is 0.407 e. The van der Waals surface area contributed by atoms with Crippen LogP contribution >= 0.6 is 0 Å². The van der Waals surface area contributed by atoms with Crippen LogP contribution in [0.4, 0.5) is 4.79 Å². The molecule has 5 heteroatoms. The molecule has 0 unspecified atom stereocenters. The average Bonchev–Trinajstić information content (AvgIpc) is 2.25. The van der Waals surface area contributed by atoms with Crippen molar-refractivity contribution in [3.05, 3.63) is 0 Å². The van der Waals surface area contributed by atoms with Gasteiger partial charge in [0.25, 0.3) is 0 Å². The van der Waals surface area contributed by atoms with Gasteiger partial charge in [0.05, 0.1) is 7.11 Å². The van der Waals surface area contributed by atoms with Crippen LogP contribution in [0.2, 0.25) is 0 Å². The van der Waals surface area contributed by atoms with Gasteiger partial charge in [-0.15, -0.1) is 0 Å². The molecular formula is C12H24N2O3. The molecule has 0 aliphatic heterocycles. The third-order valence-electron chi connectivity index (χ3n) is 2.64. The lowest BCUT2D eigenvalue weighted by molar-refractivity contribution is -0.135. The Bertz CT molecular complexity index is 264. The van der Waals surface area contributed by atoms with Gasteiger partial charge in [0.2, 0.25) is 5.91 Å². The van der Waals surface area contributed by atoms with Gasteiger partial charge in [0, 0.05) is 12.6 Å². The van der Waals surface area contributed by atoms with Gasteiger partial charge in [0.1, 0.15) is 6.04 Å². The number of likely N-dealkylation sites (N-methyl/N-ethyl adjacent to an activating group) is 1.